The Labute approximate surface area is 505 Å². The molecule has 83 heavy (non-hydrogen) atoms. The Hall–Kier alpha value is -1.94. The molecule has 4 unspecified atom stereocenters. The topological polar surface area (TPSA) is 237 Å². The number of ether oxygens (including phenoxy) is 4. The van der Waals surface area contributed by atoms with Crippen LogP contribution >= 0.6 is 15.6 Å². The van der Waals surface area contributed by atoms with Gasteiger partial charge in [-0.3, -0.25) is 37.3 Å². The zero-order valence-corrected chi connectivity index (χ0v) is 55.6. The van der Waals surface area contributed by atoms with Gasteiger partial charge in [0.25, 0.3) is 0 Å². The van der Waals surface area contributed by atoms with E-state index in [2.05, 4.69) is 55.4 Å². The van der Waals surface area contributed by atoms with Crippen molar-refractivity contribution < 1.29 is 80.2 Å². The first-order valence-corrected chi connectivity index (χ1v) is 36.3. The molecule has 492 valence electrons. The fourth-order valence-electron chi connectivity index (χ4n) is 9.36. The quantitative estimate of drug-likeness (QED) is 0.0222. The number of aliphatic hydroxyl groups excluding tert-OH is 1. The van der Waals surface area contributed by atoms with Crippen molar-refractivity contribution in [3.8, 4) is 0 Å². The molecule has 0 radical (unpaired) electrons. The highest BCUT2D eigenvalue weighted by molar-refractivity contribution is 7.47. The molecule has 0 aliphatic heterocycles. The molecular weight excluding hydrogens is 1100 g/mol. The molecule has 0 aromatic heterocycles. The second-order valence-corrected chi connectivity index (χ2v) is 27.5. The first kappa shape index (κ1) is 81.1. The van der Waals surface area contributed by atoms with Gasteiger partial charge in [-0.25, -0.2) is 9.13 Å². The monoisotopic (exact) mass is 1230 g/mol. The van der Waals surface area contributed by atoms with Gasteiger partial charge in [0.05, 0.1) is 26.4 Å². The van der Waals surface area contributed by atoms with Crippen molar-refractivity contribution in [2.24, 2.45) is 23.7 Å². The van der Waals surface area contributed by atoms with E-state index in [0.717, 1.165) is 120 Å². The Morgan fingerprint density at radius 3 is 0.855 bits per heavy atom. The van der Waals surface area contributed by atoms with Crippen molar-refractivity contribution in [3.05, 3.63) is 0 Å². The lowest BCUT2D eigenvalue weighted by atomic mass is 10.00. The maximum absolute atomic E-state index is 13.0. The molecule has 0 aliphatic carbocycles. The number of carbonyl (C=O) groups is 4. The number of aliphatic hydroxyl groups is 1. The van der Waals surface area contributed by atoms with E-state index in [4.69, 9.17) is 37.0 Å². The number of carbonyl (C=O) groups excluding carboxylic acids is 4. The lowest BCUT2D eigenvalue weighted by molar-refractivity contribution is -0.161. The average Bonchev–Trinajstić information content (AvgIpc) is 3.45. The fraction of sp³-hybridized carbons (Fsp3) is 0.938. The molecule has 0 amide bonds. The van der Waals surface area contributed by atoms with Gasteiger partial charge < -0.3 is 33.8 Å². The molecule has 0 aliphatic rings. The minimum absolute atomic E-state index is 0.101. The summed E-state index contributed by atoms with van der Waals surface area (Å²) in [5.74, 6) is 0.770. The predicted octanol–water partition coefficient (Wildman–Crippen LogP) is 17.4. The summed E-state index contributed by atoms with van der Waals surface area (Å²) in [4.78, 5) is 72.2. The summed E-state index contributed by atoms with van der Waals surface area (Å²) in [6, 6.07) is 0. The Bertz CT molecular complexity index is 1670. The zero-order chi connectivity index (χ0) is 61.8. The molecular formula is C64H124O17P2. The maximum atomic E-state index is 13.0. The third kappa shape index (κ3) is 56.3. The summed E-state index contributed by atoms with van der Waals surface area (Å²) in [5.41, 5.74) is 0. The maximum Gasteiger partial charge on any atom is 0.472 e. The first-order valence-electron chi connectivity index (χ1n) is 33.3. The van der Waals surface area contributed by atoms with Gasteiger partial charge in [-0.2, -0.15) is 0 Å². The van der Waals surface area contributed by atoms with Gasteiger partial charge in [0, 0.05) is 25.7 Å². The van der Waals surface area contributed by atoms with Crippen molar-refractivity contribution >= 4 is 39.5 Å². The summed E-state index contributed by atoms with van der Waals surface area (Å²) in [7, 11) is -9.89. The highest BCUT2D eigenvalue weighted by Crippen LogP contribution is 2.45. The summed E-state index contributed by atoms with van der Waals surface area (Å²) in [6.45, 7) is 13.9. The average molecular weight is 1230 g/mol. The molecule has 0 fully saturated rings. The molecule has 0 bridgehead atoms. The molecule has 0 spiro atoms. The normalized spacial score (nSPS) is 15.1. The number of esters is 4. The molecule has 0 aromatic rings. The minimum atomic E-state index is -4.95. The van der Waals surface area contributed by atoms with Crippen LogP contribution < -0.4 is 0 Å². The fourth-order valence-corrected chi connectivity index (χ4v) is 10.9. The predicted molar refractivity (Wildman–Crippen MR) is 331 cm³/mol. The van der Waals surface area contributed by atoms with E-state index in [0.29, 0.717) is 25.7 Å². The molecule has 19 heteroatoms. The van der Waals surface area contributed by atoms with Crippen molar-refractivity contribution in [1.29, 1.82) is 0 Å². The summed E-state index contributed by atoms with van der Waals surface area (Å²) < 4.78 is 68.0. The molecule has 3 N–H and O–H groups in total. The second-order valence-electron chi connectivity index (χ2n) is 24.6. The SMILES string of the molecule is CCC(C)CCCCCCCCC(=O)OC[C@H](COP(=O)(O)OC[C@H](O)COP(=O)(O)OC[C@@H](COC(=O)CCCCCCCCCCCC(C)C)OC(=O)CCCCCCCCCCC(C)C)OC(=O)CCCCCCCCC(C)CC. The van der Waals surface area contributed by atoms with Crippen LogP contribution in [0.3, 0.4) is 0 Å². The molecule has 0 rings (SSSR count). The largest absolute Gasteiger partial charge is 0.472 e. The van der Waals surface area contributed by atoms with Crippen molar-refractivity contribution in [2.45, 2.75) is 324 Å². The van der Waals surface area contributed by atoms with Crippen molar-refractivity contribution in [2.75, 3.05) is 39.6 Å². The molecule has 17 nitrogen and oxygen atoms in total. The molecule has 0 saturated carbocycles. The van der Waals surface area contributed by atoms with Gasteiger partial charge in [-0.1, -0.05) is 254 Å². The highest BCUT2D eigenvalue weighted by atomic mass is 31.2. The van der Waals surface area contributed by atoms with Gasteiger partial charge in [-0.15, -0.1) is 0 Å². The van der Waals surface area contributed by atoms with Crippen LogP contribution in [-0.4, -0.2) is 96.7 Å². The summed E-state index contributed by atoms with van der Waals surface area (Å²) in [6.07, 6.45) is 33.6. The molecule has 0 aromatic carbocycles. The van der Waals surface area contributed by atoms with Gasteiger partial charge in [0.1, 0.15) is 19.3 Å². The van der Waals surface area contributed by atoms with Crippen LogP contribution in [0, 0.1) is 23.7 Å². The Balaban J connectivity index is 5.26. The lowest BCUT2D eigenvalue weighted by Gasteiger charge is -2.21. The van der Waals surface area contributed by atoms with Crippen molar-refractivity contribution in [1.82, 2.24) is 0 Å². The van der Waals surface area contributed by atoms with Crippen LogP contribution in [0.1, 0.15) is 306 Å². The zero-order valence-electron chi connectivity index (χ0n) is 53.8. The molecule has 0 saturated heterocycles. The van der Waals surface area contributed by atoms with Crippen LogP contribution in [0.25, 0.3) is 0 Å². The Morgan fingerprint density at radius 1 is 0.337 bits per heavy atom. The van der Waals surface area contributed by atoms with Gasteiger partial charge in [-0.05, 0) is 49.4 Å². The number of hydrogen-bond acceptors (Lipinski definition) is 15. The van der Waals surface area contributed by atoms with E-state index in [1.54, 1.807) is 0 Å². The third-order valence-electron chi connectivity index (χ3n) is 15.3. The van der Waals surface area contributed by atoms with E-state index in [9.17, 15) is 43.2 Å². The van der Waals surface area contributed by atoms with Crippen LogP contribution in [0.4, 0.5) is 0 Å². The Morgan fingerprint density at radius 2 is 0.578 bits per heavy atom. The lowest BCUT2D eigenvalue weighted by Crippen LogP contribution is -2.30. The standard InChI is InChI=1S/C64H124O17P2/c1-9-56(7)42-34-26-20-22-29-37-45-62(67)75-51-60(81-64(69)47-39-31-23-21-27-35-43-57(8)10-2)53-79-83(72,73)77-49-58(65)48-76-82(70,71)78-52-59(80-63(68)46-38-30-19-15-14-17-25-33-41-55(5)6)50-74-61(66)44-36-28-18-13-11-12-16-24-32-40-54(3)4/h54-60,65H,9-53H2,1-8H3,(H,70,71)(H,72,73)/t56?,57?,58-,59-,60-/m1/s1. The van der Waals surface area contributed by atoms with Crippen LogP contribution in [0.2, 0.25) is 0 Å². The number of hydrogen-bond donors (Lipinski definition) is 3. The molecule has 0 heterocycles. The summed E-state index contributed by atoms with van der Waals surface area (Å²) >= 11 is 0. The van der Waals surface area contributed by atoms with Crippen LogP contribution in [0.5, 0.6) is 0 Å². The Kier molecular flexibility index (Phi) is 53.0. The highest BCUT2D eigenvalue weighted by Gasteiger charge is 2.30. The van der Waals surface area contributed by atoms with Gasteiger partial charge in [0.15, 0.2) is 12.2 Å². The van der Waals surface area contributed by atoms with Crippen LogP contribution in [-0.2, 0) is 65.4 Å². The summed E-state index contributed by atoms with van der Waals surface area (Å²) in [5, 5.41) is 10.5. The number of rotatable bonds is 61. The van der Waals surface area contributed by atoms with E-state index >= 15 is 0 Å². The number of phosphoric acid groups is 2. The van der Waals surface area contributed by atoms with Crippen molar-refractivity contribution in [3.63, 3.8) is 0 Å². The van der Waals surface area contributed by atoms with E-state index in [1.165, 1.54) is 103 Å². The third-order valence-corrected chi connectivity index (χ3v) is 17.2. The van der Waals surface area contributed by atoms with Gasteiger partial charge in [0.2, 0.25) is 0 Å². The second kappa shape index (κ2) is 54.2. The molecule has 7 atom stereocenters. The first-order chi connectivity index (χ1) is 39.7. The van der Waals surface area contributed by atoms with Crippen LogP contribution in [0.15, 0.2) is 0 Å². The van der Waals surface area contributed by atoms with E-state index < -0.39 is 97.5 Å². The number of unbranched alkanes of at least 4 members (excludes halogenated alkanes) is 25. The van der Waals surface area contributed by atoms with Gasteiger partial charge >= 0.3 is 39.5 Å². The van der Waals surface area contributed by atoms with E-state index in [-0.39, 0.29) is 25.7 Å². The minimum Gasteiger partial charge on any atom is -0.462 e. The van der Waals surface area contributed by atoms with E-state index in [1.807, 2.05) is 0 Å². The number of phosphoric ester groups is 2. The smallest absolute Gasteiger partial charge is 0.462 e.